The fraction of sp³-hybridized carbons (Fsp3) is 0.538. The average molecular weight is 997 g/mol. The Morgan fingerprint density at radius 1 is 0.972 bits per heavy atom. The lowest BCUT2D eigenvalue weighted by molar-refractivity contribution is -0.138. The number of piperazine rings is 1. The Morgan fingerprint density at radius 3 is 2.21 bits per heavy atom. The molecule has 19 heteroatoms. The zero-order valence-corrected chi connectivity index (χ0v) is 42.2. The molecule has 0 radical (unpaired) electrons. The van der Waals surface area contributed by atoms with E-state index in [9.17, 15) is 19.1 Å². The van der Waals surface area contributed by atoms with Crippen molar-refractivity contribution in [1.82, 2.24) is 25.1 Å². The van der Waals surface area contributed by atoms with E-state index in [1.165, 1.54) is 39.3 Å². The summed E-state index contributed by atoms with van der Waals surface area (Å²) in [6.45, 7) is 15.0. The third kappa shape index (κ3) is 9.00. The zero-order valence-electron chi connectivity index (χ0n) is 41.4. The molecule has 4 heterocycles. The van der Waals surface area contributed by atoms with Crippen LogP contribution in [-0.2, 0) is 26.4 Å². The van der Waals surface area contributed by atoms with Crippen LogP contribution in [0.15, 0.2) is 84.5 Å². The quantitative estimate of drug-likeness (QED) is 0.0534. The molecule has 2 aliphatic carbocycles. The maximum absolute atomic E-state index is 16.1. The Kier molecular flexibility index (Phi) is 13.9. The number of benzene rings is 3. The molecule has 7 atom stereocenters. The minimum atomic E-state index is -1.66. The Balaban J connectivity index is 0.864. The molecular formula is C52H66F2N10O6S. The second-order valence-corrected chi connectivity index (χ2v) is 21.2. The van der Waals surface area contributed by atoms with E-state index in [2.05, 4.69) is 51.2 Å². The number of hydrogen-bond donors (Lipinski definition) is 3. The monoisotopic (exact) mass is 996 g/mol. The molecule has 2 amide bonds. The number of anilines is 3. The number of amides is 2. The molecule has 1 aromatic heterocycles. The van der Waals surface area contributed by atoms with Crippen molar-refractivity contribution in [3.8, 4) is 5.75 Å². The van der Waals surface area contributed by atoms with Crippen LogP contribution < -0.4 is 30.6 Å². The summed E-state index contributed by atoms with van der Waals surface area (Å²) < 4.78 is 51.9. The van der Waals surface area contributed by atoms with Gasteiger partial charge in [0.15, 0.2) is 17.2 Å². The fourth-order valence-corrected chi connectivity index (χ4v) is 12.2. The minimum Gasteiger partial charge on any atom is -0.488 e. The fourth-order valence-electron chi connectivity index (χ4n) is 12.1. The van der Waals surface area contributed by atoms with Gasteiger partial charge in [0, 0.05) is 67.1 Å². The number of aliphatic hydroxyl groups is 1. The number of fused-ring (bicyclic) bond motifs is 2. The standard InChI is InChI=1S/C52H66F2N10O6S/c1-7-8-9-10-22-52(67)46(58-59-47(55)71)63(48(66)64(52)33(2)3)37-14-12-35(13-15-37)60-24-26-61(27-25-60)36-16-18-38(19-17-36)68-29-42-69-45(43-40-21-23-50(6,44(43)65)49(40,4)5)51(70-42,30-62-32-56-31-57-62)39-20-11-34(53)28-41(39)54/h11-20,28,31-33,40,42-43,45,67H,7-10,21-27,29-30H2,1-6H3,(H3,55,59,71)/b58-46+/t40?,42-,43?,45?,50?,51-,52?/m0/s1. The summed E-state index contributed by atoms with van der Waals surface area (Å²) in [5.41, 5.74) is 6.87. The summed E-state index contributed by atoms with van der Waals surface area (Å²) in [6.07, 6.45) is 6.50. The molecule has 71 heavy (non-hydrogen) atoms. The average Bonchev–Trinajstić information content (AvgIpc) is 4.11. The minimum absolute atomic E-state index is 0.0291. The Bertz CT molecular complexity index is 2620. The molecular weight excluding hydrogens is 931 g/mol. The van der Waals surface area contributed by atoms with E-state index in [1.807, 2.05) is 69.3 Å². The van der Waals surface area contributed by atoms with Crippen LogP contribution in [0.25, 0.3) is 0 Å². The van der Waals surface area contributed by atoms with Crippen LogP contribution in [0, 0.1) is 34.3 Å². The number of aromatic nitrogens is 3. The number of hydrogen-bond acceptors (Lipinski definition) is 12. The number of carbonyl (C=O) groups excluding carboxylic acids is 2. The van der Waals surface area contributed by atoms with Crippen LogP contribution >= 0.6 is 12.2 Å². The molecule has 2 bridgehead atoms. The lowest BCUT2D eigenvalue weighted by atomic mass is 9.70. The molecule has 2 saturated carbocycles. The van der Waals surface area contributed by atoms with Gasteiger partial charge in [0.05, 0.1) is 18.2 Å². The van der Waals surface area contributed by atoms with Gasteiger partial charge in [-0.2, -0.15) is 10.2 Å². The van der Waals surface area contributed by atoms with Gasteiger partial charge in [-0.05, 0) is 111 Å². The van der Waals surface area contributed by atoms with Crippen LogP contribution in [-0.4, -0.2) is 104 Å². The second kappa shape index (κ2) is 19.7. The van der Waals surface area contributed by atoms with Crippen molar-refractivity contribution in [2.75, 3.05) is 47.5 Å². The largest absolute Gasteiger partial charge is 0.488 e. The highest BCUT2D eigenvalue weighted by atomic mass is 32.1. The highest BCUT2D eigenvalue weighted by Gasteiger charge is 2.71. The van der Waals surface area contributed by atoms with Gasteiger partial charge in [0.25, 0.3) is 0 Å². The summed E-state index contributed by atoms with van der Waals surface area (Å²) in [5, 5.41) is 20.8. The van der Waals surface area contributed by atoms with Crippen molar-refractivity contribution in [2.45, 2.75) is 123 Å². The Morgan fingerprint density at radius 2 is 1.63 bits per heavy atom. The van der Waals surface area contributed by atoms with Crippen LogP contribution in [0.5, 0.6) is 5.75 Å². The van der Waals surface area contributed by atoms with Gasteiger partial charge >= 0.3 is 6.03 Å². The molecule has 4 N–H and O–H groups in total. The van der Waals surface area contributed by atoms with Crippen LogP contribution in [0.4, 0.5) is 30.6 Å². The van der Waals surface area contributed by atoms with E-state index in [1.54, 1.807) is 0 Å². The van der Waals surface area contributed by atoms with Crippen LogP contribution in [0.2, 0.25) is 0 Å². The molecule has 0 spiro atoms. The SMILES string of the molecule is CCCCCCC1(O)/C(=N\NC(N)=S)N(c2ccc(N3CCN(c4ccc(OC[C@H]5OC(C6C(=O)C7(C)CCC6C7(C)C)[C@](Cn6cncn6)(c6ccc(F)cc6F)O5)cc4)CC3)cc2)C(=O)N1C(C)C. The van der Waals surface area contributed by atoms with E-state index < -0.39 is 46.7 Å². The number of Topliss-reactive ketones (excluding diaryl/α,β-unsaturated/α-hetero) is 1. The first kappa shape index (κ1) is 50.2. The second-order valence-electron chi connectivity index (χ2n) is 20.7. The summed E-state index contributed by atoms with van der Waals surface area (Å²) in [5.74, 6) is -1.43. The normalized spacial score (nSPS) is 28.8. The topological polar surface area (TPSA) is 176 Å². The first-order chi connectivity index (χ1) is 33.9. The Labute approximate surface area is 419 Å². The lowest BCUT2D eigenvalue weighted by Gasteiger charge is -2.39. The number of urea groups is 1. The number of nitrogens with zero attached hydrogens (tertiary/aromatic N) is 8. The summed E-state index contributed by atoms with van der Waals surface area (Å²) >= 11 is 5.04. The molecule has 3 saturated heterocycles. The van der Waals surface area contributed by atoms with Gasteiger partial charge in [-0.25, -0.2) is 28.1 Å². The molecule has 5 aliphatic rings. The number of amidine groups is 1. The van der Waals surface area contributed by atoms with E-state index in [0.29, 0.717) is 24.3 Å². The molecule has 3 aromatic carbocycles. The number of hydrazone groups is 1. The summed E-state index contributed by atoms with van der Waals surface area (Å²) in [4.78, 5) is 40.2. The van der Waals surface area contributed by atoms with Crippen LogP contribution in [0.3, 0.4) is 0 Å². The van der Waals surface area contributed by atoms with Gasteiger partial charge in [0.2, 0.25) is 5.72 Å². The third-order valence-electron chi connectivity index (χ3n) is 16.1. The predicted octanol–water partition coefficient (Wildman–Crippen LogP) is 7.70. The maximum atomic E-state index is 16.1. The summed E-state index contributed by atoms with van der Waals surface area (Å²) in [7, 11) is 0. The highest BCUT2D eigenvalue weighted by molar-refractivity contribution is 7.80. The maximum Gasteiger partial charge on any atom is 0.333 e. The number of halogens is 2. The van der Waals surface area contributed by atoms with Crippen molar-refractivity contribution in [3.63, 3.8) is 0 Å². The van der Waals surface area contributed by atoms with Crippen molar-refractivity contribution in [1.29, 1.82) is 0 Å². The third-order valence-corrected chi connectivity index (χ3v) is 16.2. The van der Waals surface area contributed by atoms with E-state index in [0.717, 1.165) is 75.7 Å². The first-order valence-electron chi connectivity index (χ1n) is 24.9. The number of unbranched alkanes of at least 4 members (excludes halogenated alkanes) is 3. The molecule has 16 nitrogen and oxygen atoms in total. The van der Waals surface area contributed by atoms with E-state index >= 15 is 4.39 Å². The van der Waals surface area contributed by atoms with E-state index in [-0.39, 0.29) is 58.9 Å². The Hall–Kier alpha value is -5.76. The number of nitrogens with two attached hydrogens (primary N) is 1. The highest BCUT2D eigenvalue weighted by Crippen LogP contribution is 2.68. The predicted molar refractivity (Wildman–Crippen MR) is 270 cm³/mol. The molecule has 4 aromatic rings. The number of thiocarbonyl (C=S) groups is 1. The molecule has 9 rings (SSSR count). The number of rotatable bonds is 17. The summed E-state index contributed by atoms with van der Waals surface area (Å²) in [6, 6.07) is 18.2. The van der Waals surface area contributed by atoms with Crippen molar-refractivity contribution >= 4 is 52.0 Å². The van der Waals surface area contributed by atoms with Gasteiger partial charge in [-0.3, -0.25) is 15.1 Å². The zero-order chi connectivity index (χ0) is 50.5. The smallest absolute Gasteiger partial charge is 0.333 e. The molecule has 5 unspecified atom stereocenters. The molecule has 5 fully saturated rings. The number of carbonyl (C=O) groups is 2. The van der Waals surface area contributed by atoms with Gasteiger partial charge in [-0.15, -0.1) is 0 Å². The molecule has 3 aliphatic heterocycles. The van der Waals surface area contributed by atoms with Gasteiger partial charge in [0.1, 0.15) is 54.1 Å². The van der Waals surface area contributed by atoms with Crippen LogP contribution in [0.1, 0.15) is 92.1 Å². The van der Waals surface area contributed by atoms with Crippen molar-refractivity contribution < 1.29 is 37.7 Å². The van der Waals surface area contributed by atoms with Crippen molar-refractivity contribution in [2.24, 2.45) is 33.5 Å². The lowest BCUT2D eigenvalue weighted by Crippen LogP contribution is -2.53. The van der Waals surface area contributed by atoms with Gasteiger partial charge in [-0.1, -0.05) is 53.0 Å². The first-order valence-corrected chi connectivity index (χ1v) is 25.3. The number of ketones is 1. The molecule has 380 valence electrons. The number of ether oxygens (including phenoxy) is 3. The van der Waals surface area contributed by atoms with Crippen molar-refractivity contribution in [3.05, 3.63) is 96.6 Å². The number of nitrogens with one attached hydrogen (secondary N) is 1. The van der Waals surface area contributed by atoms with E-state index in [4.69, 9.17) is 32.2 Å². The van der Waals surface area contributed by atoms with Gasteiger partial charge < -0.3 is 34.9 Å².